The Balaban J connectivity index is 2.67. The van der Waals surface area contributed by atoms with Crippen molar-refractivity contribution in [3.8, 4) is 0 Å². The van der Waals surface area contributed by atoms with E-state index in [1.165, 1.54) is 0 Å². The van der Waals surface area contributed by atoms with Crippen LogP contribution in [0, 0.1) is 0 Å². The van der Waals surface area contributed by atoms with Crippen LogP contribution >= 0.6 is 0 Å². The van der Waals surface area contributed by atoms with E-state index in [0.29, 0.717) is 6.54 Å². The maximum absolute atomic E-state index is 10.8. The third-order valence-corrected chi connectivity index (χ3v) is 3.22. The van der Waals surface area contributed by atoms with Crippen LogP contribution in [0.1, 0.15) is 19.8 Å². The van der Waals surface area contributed by atoms with E-state index in [-0.39, 0.29) is 5.75 Å². The summed E-state index contributed by atoms with van der Waals surface area (Å²) in [6.45, 7) is 3.21. The minimum atomic E-state index is -3.89. The quantitative estimate of drug-likeness (QED) is 0.761. The number of hydrogen-bond acceptors (Lipinski definition) is 3. The number of para-hydroxylation sites is 1. The van der Waals surface area contributed by atoms with Crippen LogP contribution in [0.4, 0.5) is 5.69 Å². The van der Waals surface area contributed by atoms with Gasteiger partial charge in [0.15, 0.2) is 0 Å². The van der Waals surface area contributed by atoms with Gasteiger partial charge in [-0.3, -0.25) is 4.55 Å². The molecule has 0 aliphatic carbocycles. The molecule has 0 atom stereocenters. The fourth-order valence-electron chi connectivity index (χ4n) is 1.58. The molecule has 0 heterocycles. The molecule has 17 heavy (non-hydrogen) atoms. The summed E-state index contributed by atoms with van der Waals surface area (Å²) >= 11 is 0. The summed E-state index contributed by atoms with van der Waals surface area (Å²) in [5, 5.41) is 0. The van der Waals surface area contributed by atoms with E-state index in [1.807, 2.05) is 35.2 Å². The van der Waals surface area contributed by atoms with Crippen LogP contribution in [0.15, 0.2) is 30.3 Å². The molecule has 1 rings (SSSR count). The molecule has 0 unspecified atom stereocenters. The molecular formula is C12H19NO3S. The number of anilines is 1. The average Bonchev–Trinajstić information content (AvgIpc) is 2.29. The largest absolute Gasteiger partial charge is 0.370 e. The molecule has 96 valence electrons. The van der Waals surface area contributed by atoms with Gasteiger partial charge in [-0.2, -0.15) is 8.42 Å². The number of hydrogen-bond donors (Lipinski definition) is 1. The van der Waals surface area contributed by atoms with Crippen molar-refractivity contribution >= 4 is 15.8 Å². The molecule has 1 aromatic carbocycles. The van der Waals surface area contributed by atoms with E-state index in [4.69, 9.17) is 4.55 Å². The van der Waals surface area contributed by atoms with Crippen molar-refractivity contribution in [1.29, 1.82) is 0 Å². The molecule has 0 saturated heterocycles. The number of unbranched alkanes of at least 4 members (excludes halogenated alkanes) is 1. The number of nitrogens with zero attached hydrogens (tertiary/aromatic N) is 1. The van der Waals surface area contributed by atoms with Gasteiger partial charge in [0, 0.05) is 18.8 Å². The second-order valence-corrected chi connectivity index (χ2v) is 5.53. The third-order valence-electron chi connectivity index (χ3n) is 2.52. The molecule has 4 nitrogen and oxygen atoms in total. The first-order valence-corrected chi connectivity index (χ1v) is 7.39. The molecule has 0 aliphatic rings. The Bertz CT molecular complexity index is 417. The van der Waals surface area contributed by atoms with Gasteiger partial charge in [0.1, 0.15) is 0 Å². The van der Waals surface area contributed by atoms with Gasteiger partial charge in [0.25, 0.3) is 10.1 Å². The lowest BCUT2D eigenvalue weighted by Gasteiger charge is -2.24. The molecule has 0 fully saturated rings. The van der Waals surface area contributed by atoms with Crippen LogP contribution < -0.4 is 4.90 Å². The highest BCUT2D eigenvalue weighted by Crippen LogP contribution is 2.13. The lowest BCUT2D eigenvalue weighted by Crippen LogP contribution is -2.30. The summed E-state index contributed by atoms with van der Waals surface area (Å²) in [6.07, 6.45) is 2.05. The molecule has 5 heteroatoms. The predicted molar refractivity (Wildman–Crippen MR) is 70.0 cm³/mol. The van der Waals surface area contributed by atoms with Gasteiger partial charge in [0.2, 0.25) is 0 Å². The minimum absolute atomic E-state index is 0.231. The second-order valence-electron chi connectivity index (χ2n) is 3.96. The predicted octanol–water partition coefficient (Wildman–Crippen LogP) is 2.18. The molecular weight excluding hydrogens is 238 g/mol. The van der Waals surface area contributed by atoms with Crippen molar-refractivity contribution in [3.63, 3.8) is 0 Å². The summed E-state index contributed by atoms with van der Waals surface area (Å²) in [4.78, 5) is 1.98. The lowest BCUT2D eigenvalue weighted by atomic mass is 10.2. The van der Waals surface area contributed by atoms with Crippen LogP contribution in [0.2, 0.25) is 0 Å². The van der Waals surface area contributed by atoms with E-state index in [1.54, 1.807) is 0 Å². The summed E-state index contributed by atoms with van der Waals surface area (Å²) in [7, 11) is -3.89. The SMILES string of the molecule is CCCCN(CCS(=O)(=O)O)c1ccccc1. The first-order valence-electron chi connectivity index (χ1n) is 5.78. The van der Waals surface area contributed by atoms with E-state index in [9.17, 15) is 8.42 Å². The molecule has 0 amide bonds. The summed E-state index contributed by atoms with van der Waals surface area (Å²) < 4.78 is 30.3. The van der Waals surface area contributed by atoms with Crippen LogP contribution in [-0.2, 0) is 10.1 Å². The van der Waals surface area contributed by atoms with Crippen molar-refractivity contribution in [1.82, 2.24) is 0 Å². The summed E-state index contributed by atoms with van der Waals surface area (Å²) in [6, 6.07) is 9.65. The normalized spacial score (nSPS) is 11.4. The summed E-state index contributed by atoms with van der Waals surface area (Å²) in [5.74, 6) is -0.231. The molecule has 0 aromatic heterocycles. The van der Waals surface area contributed by atoms with Gasteiger partial charge in [-0.05, 0) is 18.6 Å². The third kappa shape index (κ3) is 5.70. The zero-order valence-electron chi connectivity index (χ0n) is 10.0. The Morgan fingerprint density at radius 2 is 1.82 bits per heavy atom. The highest BCUT2D eigenvalue weighted by atomic mass is 32.2. The Hall–Kier alpha value is -1.07. The van der Waals surface area contributed by atoms with Gasteiger partial charge < -0.3 is 4.90 Å². The van der Waals surface area contributed by atoms with Crippen LogP contribution in [0.25, 0.3) is 0 Å². The maximum Gasteiger partial charge on any atom is 0.266 e. The molecule has 0 bridgehead atoms. The van der Waals surface area contributed by atoms with Crippen LogP contribution in [0.5, 0.6) is 0 Å². The van der Waals surface area contributed by atoms with E-state index in [0.717, 1.165) is 25.1 Å². The zero-order chi connectivity index (χ0) is 12.7. The van der Waals surface area contributed by atoms with E-state index in [2.05, 4.69) is 6.92 Å². The Labute approximate surface area is 103 Å². The van der Waals surface area contributed by atoms with Gasteiger partial charge >= 0.3 is 0 Å². The van der Waals surface area contributed by atoms with Gasteiger partial charge in [-0.25, -0.2) is 0 Å². The average molecular weight is 257 g/mol. The second kappa shape index (κ2) is 6.61. The molecule has 0 saturated carbocycles. The highest BCUT2D eigenvalue weighted by molar-refractivity contribution is 7.85. The Morgan fingerprint density at radius 1 is 1.18 bits per heavy atom. The van der Waals surface area contributed by atoms with Crippen LogP contribution in [0.3, 0.4) is 0 Å². The summed E-state index contributed by atoms with van der Waals surface area (Å²) in [5.41, 5.74) is 0.990. The monoisotopic (exact) mass is 257 g/mol. The van der Waals surface area contributed by atoms with Gasteiger partial charge in [-0.1, -0.05) is 31.5 Å². The van der Waals surface area contributed by atoms with Crippen molar-refractivity contribution in [2.75, 3.05) is 23.7 Å². The fraction of sp³-hybridized carbons (Fsp3) is 0.500. The van der Waals surface area contributed by atoms with Gasteiger partial charge in [-0.15, -0.1) is 0 Å². The van der Waals surface area contributed by atoms with Crippen molar-refractivity contribution in [2.24, 2.45) is 0 Å². The highest BCUT2D eigenvalue weighted by Gasteiger charge is 2.10. The van der Waals surface area contributed by atoms with Gasteiger partial charge in [0.05, 0.1) is 5.75 Å². The standard InChI is InChI=1S/C12H19NO3S/c1-2-3-9-13(10-11-17(14,15)16)12-7-5-4-6-8-12/h4-8H,2-3,9-11H2,1H3,(H,14,15,16). The van der Waals surface area contributed by atoms with Crippen molar-refractivity contribution in [2.45, 2.75) is 19.8 Å². The number of rotatable bonds is 7. The first kappa shape index (κ1) is 14.0. The lowest BCUT2D eigenvalue weighted by molar-refractivity contribution is 0.482. The van der Waals surface area contributed by atoms with Crippen LogP contribution in [-0.4, -0.2) is 31.8 Å². The zero-order valence-corrected chi connectivity index (χ0v) is 10.9. The maximum atomic E-state index is 10.8. The fourth-order valence-corrected chi connectivity index (χ4v) is 2.03. The molecule has 0 aliphatic heterocycles. The Morgan fingerprint density at radius 3 is 2.35 bits per heavy atom. The van der Waals surface area contributed by atoms with E-state index >= 15 is 0 Å². The first-order chi connectivity index (χ1) is 8.03. The van der Waals surface area contributed by atoms with Crippen molar-refractivity contribution < 1.29 is 13.0 Å². The molecule has 0 radical (unpaired) electrons. The number of benzene rings is 1. The molecule has 1 N–H and O–H groups in total. The van der Waals surface area contributed by atoms with Crippen molar-refractivity contribution in [3.05, 3.63) is 30.3 Å². The van der Waals surface area contributed by atoms with E-state index < -0.39 is 10.1 Å². The topological polar surface area (TPSA) is 57.6 Å². The Kier molecular flexibility index (Phi) is 5.44. The molecule has 1 aromatic rings. The minimum Gasteiger partial charge on any atom is -0.370 e. The molecule has 0 spiro atoms. The smallest absolute Gasteiger partial charge is 0.266 e.